The van der Waals surface area contributed by atoms with Gasteiger partial charge in [0.1, 0.15) is 6.10 Å². The molecule has 0 radical (unpaired) electrons. The molecule has 1 aromatic rings. The molecular weight excluding hydrogens is 256 g/mol. The molecule has 1 saturated heterocycles. The Labute approximate surface area is 108 Å². The first kappa shape index (κ1) is 12.9. The molecule has 0 bridgehead atoms. The van der Waals surface area contributed by atoms with Crippen molar-refractivity contribution in [3.05, 3.63) is 28.3 Å². The average Bonchev–Trinajstić information content (AvgIpc) is 2.32. The van der Waals surface area contributed by atoms with Crippen molar-refractivity contribution >= 4 is 11.8 Å². The molecule has 1 amide bonds. The van der Waals surface area contributed by atoms with Gasteiger partial charge in [0.2, 0.25) is 0 Å². The second kappa shape index (κ2) is 5.01. The fourth-order valence-corrected chi connectivity index (χ4v) is 1.72. The molecule has 1 aromatic carbocycles. The van der Waals surface area contributed by atoms with E-state index in [4.69, 9.17) is 14.6 Å². The first-order chi connectivity index (χ1) is 9.01. The zero-order chi connectivity index (χ0) is 14.0. The minimum atomic E-state index is -0.990. The molecule has 0 unspecified atom stereocenters. The van der Waals surface area contributed by atoms with Gasteiger partial charge in [0.25, 0.3) is 5.69 Å². The topological polar surface area (TPSA) is 102 Å². The van der Waals surface area contributed by atoms with Gasteiger partial charge in [0, 0.05) is 6.07 Å². The zero-order valence-electron chi connectivity index (χ0n) is 10.1. The van der Waals surface area contributed by atoms with Gasteiger partial charge < -0.3 is 19.5 Å². The summed E-state index contributed by atoms with van der Waals surface area (Å²) in [4.78, 5) is 21.9. The number of carbonyl (C=O) groups is 1. The van der Waals surface area contributed by atoms with Crippen LogP contribution >= 0.6 is 0 Å². The van der Waals surface area contributed by atoms with Gasteiger partial charge >= 0.3 is 6.09 Å². The lowest BCUT2D eigenvalue weighted by Gasteiger charge is -2.36. The van der Waals surface area contributed by atoms with Gasteiger partial charge in [-0.05, 0) is 6.07 Å². The Hall–Kier alpha value is -2.51. The number of rotatable bonds is 4. The predicted octanol–water partition coefficient (Wildman–Crippen LogP) is 1.34. The lowest BCUT2D eigenvalue weighted by Crippen LogP contribution is -2.55. The number of non-ortho nitro benzene ring substituents is 1. The van der Waals surface area contributed by atoms with Crippen molar-refractivity contribution in [2.75, 3.05) is 20.2 Å². The molecule has 0 aromatic heterocycles. The Morgan fingerprint density at radius 3 is 2.68 bits per heavy atom. The maximum atomic E-state index is 10.6. The Morgan fingerprint density at radius 2 is 2.16 bits per heavy atom. The summed E-state index contributed by atoms with van der Waals surface area (Å²) in [6.07, 6.45) is -1.25. The molecule has 19 heavy (non-hydrogen) atoms. The molecular formula is C11H12N2O6. The standard InChI is InChI=1S/C11H12N2O6/c1-18-10-4-7(13(16)17)2-3-9(10)19-8-5-12(6-8)11(14)15/h2-4,8H,5-6H2,1H3,(H,14,15). The van der Waals surface area contributed by atoms with E-state index >= 15 is 0 Å². The van der Waals surface area contributed by atoms with Crippen molar-refractivity contribution < 1.29 is 24.3 Å². The van der Waals surface area contributed by atoms with Crippen molar-refractivity contribution in [1.82, 2.24) is 4.90 Å². The molecule has 1 fully saturated rings. The van der Waals surface area contributed by atoms with Crippen LogP contribution in [0.3, 0.4) is 0 Å². The van der Waals surface area contributed by atoms with Gasteiger partial charge in [-0.3, -0.25) is 10.1 Å². The van der Waals surface area contributed by atoms with Gasteiger partial charge in [-0.15, -0.1) is 0 Å². The Morgan fingerprint density at radius 1 is 1.47 bits per heavy atom. The Kier molecular flexibility index (Phi) is 3.41. The second-order valence-corrected chi connectivity index (χ2v) is 4.02. The van der Waals surface area contributed by atoms with Gasteiger partial charge in [-0.1, -0.05) is 0 Å². The van der Waals surface area contributed by atoms with Gasteiger partial charge in [0.05, 0.1) is 31.2 Å². The smallest absolute Gasteiger partial charge is 0.407 e. The number of amides is 1. The molecule has 8 heteroatoms. The first-order valence-electron chi connectivity index (χ1n) is 5.48. The maximum Gasteiger partial charge on any atom is 0.407 e. The third-order valence-corrected chi connectivity index (χ3v) is 2.77. The average molecular weight is 268 g/mol. The van der Waals surface area contributed by atoms with Crippen LogP contribution < -0.4 is 9.47 Å². The number of ether oxygens (including phenoxy) is 2. The van der Waals surface area contributed by atoms with Crippen molar-refractivity contribution in [2.24, 2.45) is 0 Å². The van der Waals surface area contributed by atoms with Crippen molar-refractivity contribution in [3.8, 4) is 11.5 Å². The predicted molar refractivity (Wildman–Crippen MR) is 63.7 cm³/mol. The van der Waals surface area contributed by atoms with Gasteiger partial charge in [-0.2, -0.15) is 0 Å². The molecule has 2 rings (SSSR count). The highest BCUT2D eigenvalue weighted by atomic mass is 16.6. The molecule has 0 saturated carbocycles. The van der Waals surface area contributed by atoms with Crippen LogP contribution in [-0.4, -0.2) is 47.3 Å². The Bertz CT molecular complexity index is 512. The summed E-state index contributed by atoms with van der Waals surface area (Å²) in [5.41, 5.74) is -0.0926. The van der Waals surface area contributed by atoms with E-state index in [9.17, 15) is 14.9 Å². The summed E-state index contributed by atoms with van der Waals surface area (Å²) in [6, 6.07) is 4.02. The van der Waals surface area contributed by atoms with Crippen LogP contribution in [0.1, 0.15) is 0 Å². The van der Waals surface area contributed by atoms with Crippen LogP contribution in [-0.2, 0) is 0 Å². The zero-order valence-corrected chi connectivity index (χ0v) is 10.1. The molecule has 0 spiro atoms. The Balaban J connectivity index is 2.05. The number of likely N-dealkylation sites (tertiary alicyclic amines) is 1. The molecule has 1 aliphatic rings. The highest BCUT2D eigenvalue weighted by molar-refractivity contribution is 5.66. The number of nitro groups is 1. The fraction of sp³-hybridized carbons (Fsp3) is 0.364. The summed E-state index contributed by atoms with van der Waals surface area (Å²) in [6.45, 7) is 0.547. The monoisotopic (exact) mass is 268 g/mol. The molecule has 1 aliphatic heterocycles. The van der Waals surface area contributed by atoms with E-state index in [0.29, 0.717) is 5.75 Å². The fourth-order valence-electron chi connectivity index (χ4n) is 1.72. The van der Waals surface area contributed by atoms with E-state index < -0.39 is 11.0 Å². The number of hydrogen-bond donors (Lipinski definition) is 1. The summed E-state index contributed by atoms with van der Waals surface area (Å²) in [5, 5.41) is 19.3. The van der Waals surface area contributed by atoms with Crippen molar-refractivity contribution in [1.29, 1.82) is 0 Å². The minimum Gasteiger partial charge on any atom is -0.493 e. The van der Waals surface area contributed by atoms with E-state index in [0.717, 1.165) is 0 Å². The summed E-state index contributed by atoms with van der Waals surface area (Å²) >= 11 is 0. The van der Waals surface area contributed by atoms with E-state index in [1.165, 1.54) is 30.2 Å². The van der Waals surface area contributed by atoms with Gasteiger partial charge in [-0.25, -0.2) is 4.79 Å². The van der Waals surface area contributed by atoms with E-state index in [1.54, 1.807) is 0 Å². The SMILES string of the molecule is COc1cc([N+](=O)[O-])ccc1OC1CN(C(=O)O)C1. The second-order valence-electron chi connectivity index (χ2n) is 4.02. The van der Waals surface area contributed by atoms with E-state index in [1.807, 2.05) is 0 Å². The number of carboxylic acid groups (broad SMARTS) is 1. The first-order valence-corrected chi connectivity index (χ1v) is 5.48. The maximum absolute atomic E-state index is 10.6. The largest absolute Gasteiger partial charge is 0.493 e. The van der Waals surface area contributed by atoms with E-state index in [2.05, 4.69) is 0 Å². The van der Waals surface area contributed by atoms with Crippen LogP contribution in [0, 0.1) is 10.1 Å². The van der Waals surface area contributed by atoms with Crippen molar-refractivity contribution in [3.63, 3.8) is 0 Å². The highest BCUT2D eigenvalue weighted by Gasteiger charge is 2.32. The molecule has 1 N–H and O–H groups in total. The van der Waals surface area contributed by atoms with Crippen molar-refractivity contribution in [2.45, 2.75) is 6.10 Å². The molecule has 8 nitrogen and oxygen atoms in total. The molecule has 102 valence electrons. The van der Waals surface area contributed by atoms with Crippen LogP contribution in [0.4, 0.5) is 10.5 Å². The van der Waals surface area contributed by atoms with E-state index in [-0.39, 0.29) is 30.6 Å². The molecule has 0 aliphatic carbocycles. The minimum absolute atomic E-state index is 0.0926. The summed E-state index contributed by atoms with van der Waals surface area (Å²) in [5.74, 6) is 0.617. The quantitative estimate of drug-likeness (QED) is 0.653. The van der Waals surface area contributed by atoms with Crippen LogP contribution in [0.5, 0.6) is 11.5 Å². The molecule has 1 heterocycles. The summed E-state index contributed by atoms with van der Waals surface area (Å²) in [7, 11) is 1.39. The number of nitro benzene ring substituents is 1. The number of methoxy groups -OCH3 is 1. The number of hydrogen-bond acceptors (Lipinski definition) is 5. The number of benzene rings is 1. The number of nitrogens with zero attached hydrogens (tertiary/aromatic N) is 2. The third kappa shape index (κ3) is 2.67. The third-order valence-electron chi connectivity index (χ3n) is 2.77. The highest BCUT2D eigenvalue weighted by Crippen LogP contribution is 2.32. The van der Waals surface area contributed by atoms with Gasteiger partial charge in [0.15, 0.2) is 11.5 Å². The lowest BCUT2D eigenvalue weighted by molar-refractivity contribution is -0.385. The van der Waals surface area contributed by atoms with Crippen LogP contribution in [0.15, 0.2) is 18.2 Å². The normalized spacial score (nSPS) is 14.7. The lowest BCUT2D eigenvalue weighted by atomic mass is 10.2. The van der Waals surface area contributed by atoms with Crippen LogP contribution in [0.25, 0.3) is 0 Å². The molecule has 0 atom stereocenters. The summed E-state index contributed by atoms with van der Waals surface area (Å²) < 4.78 is 10.6. The van der Waals surface area contributed by atoms with Crippen LogP contribution in [0.2, 0.25) is 0 Å².